The molecular formula is C23H22Cl2N4O2S. The predicted molar refractivity (Wildman–Crippen MR) is 129 cm³/mol. The average Bonchev–Trinajstić information content (AvgIpc) is 3.27. The minimum atomic E-state index is -0.277. The van der Waals surface area contributed by atoms with E-state index in [2.05, 4.69) is 20.2 Å². The zero-order chi connectivity index (χ0) is 22.5. The molecule has 4 rings (SSSR count). The highest BCUT2D eigenvalue weighted by Crippen LogP contribution is 2.31. The molecule has 6 nitrogen and oxygen atoms in total. The summed E-state index contributed by atoms with van der Waals surface area (Å²) in [4.78, 5) is 35.9. The van der Waals surface area contributed by atoms with Crippen molar-refractivity contribution in [2.45, 2.75) is 25.7 Å². The summed E-state index contributed by atoms with van der Waals surface area (Å²) in [6.45, 7) is 1.51. The summed E-state index contributed by atoms with van der Waals surface area (Å²) in [5, 5.41) is 6.62. The zero-order valence-corrected chi connectivity index (χ0v) is 19.6. The summed E-state index contributed by atoms with van der Waals surface area (Å²) in [6.07, 6.45) is 6.06. The fraction of sp³-hybridized carbons (Fsp3) is 0.304. The minimum absolute atomic E-state index is 0.234. The predicted octanol–water partition coefficient (Wildman–Crippen LogP) is 5.52. The second-order valence-corrected chi connectivity index (χ2v) is 9.62. The summed E-state index contributed by atoms with van der Waals surface area (Å²) in [6, 6.07) is 8.47. The van der Waals surface area contributed by atoms with Crippen LogP contribution in [0, 0.1) is 5.92 Å². The van der Waals surface area contributed by atoms with Gasteiger partial charge in [0.15, 0.2) is 5.82 Å². The number of anilines is 2. The second-order valence-electron chi connectivity index (χ2n) is 7.77. The lowest BCUT2D eigenvalue weighted by Crippen LogP contribution is -2.35. The van der Waals surface area contributed by atoms with Crippen molar-refractivity contribution in [3.8, 4) is 0 Å². The summed E-state index contributed by atoms with van der Waals surface area (Å²) >= 11 is 13.7. The van der Waals surface area contributed by atoms with E-state index in [0.717, 1.165) is 30.9 Å². The molecule has 3 aromatic rings. The number of hydrogen-bond donors (Lipinski definition) is 1. The van der Waals surface area contributed by atoms with Gasteiger partial charge in [0.1, 0.15) is 5.78 Å². The Morgan fingerprint density at radius 3 is 2.66 bits per heavy atom. The number of amides is 1. The Labute approximate surface area is 200 Å². The molecule has 0 unspecified atom stereocenters. The van der Waals surface area contributed by atoms with E-state index in [1.54, 1.807) is 42.7 Å². The van der Waals surface area contributed by atoms with Crippen LogP contribution >= 0.6 is 34.5 Å². The smallest absolute Gasteiger partial charge is 0.255 e. The Bertz CT molecular complexity index is 1100. The Hall–Kier alpha value is -2.48. The third-order valence-electron chi connectivity index (χ3n) is 5.43. The van der Waals surface area contributed by atoms with E-state index >= 15 is 0 Å². The van der Waals surface area contributed by atoms with Gasteiger partial charge in [0.25, 0.3) is 5.91 Å². The molecule has 0 radical (unpaired) electrons. The third kappa shape index (κ3) is 5.85. The fourth-order valence-corrected chi connectivity index (χ4v) is 4.85. The number of piperidine rings is 1. The van der Waals surface area contributed by atoms with E-state index in [-0.39, 0.29) is 11.7 Å². The number of nitrogens with zero attached hydrogens (tertiary/aromatic N) is 3. The number of Topliss-reactive ketones (excluding diaryl/α,β-unsaturated/α-hetero) is 1. The number of benzene rings is 1. The topological polar surface area (TPSA) is 75.2 Å². The molecule has 1 saturated heterocycles. The monoisotopic (exact) mass is 488 g/mol. The molecule has 0 bridgehead atoms. The van der Waals surface area contributed by atoms with Gasteiger partial charge in [-0.15, -0.1) is 11.3 Å². The summed E-state index contributed by atoms with van der Waals surface area (Å²) in [5.74, 6) is 0.978. The van der Waals surface area contributed by atoms with E-state index in [1.807, 2.05) is 5.38 Å². The Morgan fingerprint density at radius 2 is 1.94 bits per heavy atom. The lowest BCUT2D eigenvalue weighted by Gasteiger charge is -2.33. The number of hydrogen-bond acceptors (Lipinski definition) is 6. The molecule has 1 aliphatic heterocycles. The van der Waals surface area contributed by atoms with Gasteiger partial charge in [0.05, 0.1) is 22.1 Å². The highest BCUT2D eigenvalue weighted by atomic mass is 35.5. The van der Waals surface area contributed by atoms with Gasteiger partial charge in [-0.3, -0.25) is 9.59 Å². The average molecular weight is 489 g/mol. The maximum absolute atomic E-state index is 12.7. The van der Waals surface area contributed by atoms with Crippen LogP contribution in [0.15, 0.2) is 48.1 Å². The first-order chi connectivity index (χ1) is 15.5. The molecule has 0 atom stereocenters. The van der Waals surface area contributed by atoms with Crippen LogP contribution in [0.1, 0.15) is 34.6 Å². The molecule has 1 aromatic carbocycles. The van der Waals surface area contributed by atoms with E-state index in [4.69, 9.17) is 23.2 Å². The first kappa shape index (κ1) is 22.7. The van der Waals surface area contributed by atoms with Crippen molar-refractivity contribution in [2.24, 2.45) is 5.92 Å². The number of aromatic nitrogens is 2. The van der Waals surface area contributed by atoms with Gasteiger partial charge in [-0.1, -0.05) is 29.3 Å². The molecule has 3 heterocycles. The molecule has 1 N–H and O–H groups in total. The number of carbonyl (C=O) groups excluding carboxylic acids is 2. The Kier molecular flexibility index (Phi) is 7.40. The number of rotatable bonds is 7. The molecule has 1 aliphatic rings. The van der Waals surface area contributed by atoms with Gasteiger partial charge in [-0.2, -0.15) is 0 Å². The highest BCUT2D eigenvalue weighted by molar-refractivity contribution is 7.09. The van der Waals surface area contributed by atoms with Crippen LogP contribution in [0.25, 0.3) is 0 Å². The summed E-state index contributed by atoms with van der Waals surface area (Å²) in [5.41, 5.74) is 1.02. The number of ketones is 1. The van der Waals surface area contributed by atoms with Crippen molar-refractivity contribution in [1.82, 2.24) is 9.97 Å². The molecule has 0 saturated carbocycles. The Morgan fingerprint density at radius 1 is 1.12 bits per heavy atom. The van der Waals surface area contributed by atoms with Crippen molar-refractivity contribution < 1.29 is 9.59 Å². The molecule has 32 heavy (non-hydrogen) atoms. The molecule has 9 heteroatoms. The second kappa shape index (κ2) is 10.4. The number of carbonyl (C=O) groups is 2. The molecule has 166 valence electrons. The van der Waals surface area contributed by atoms with Crippen LogP contribution in [-0.2, 0) is 11.2 Å². The van der Waals surface area contributed by atoms with Gasteiger partial charge < -0.3 is 10.2 Å². The van der Waals surface area contributed by atoms with E-state index in [1.165, 1.54) is 11.3 Å². The van der Waals surface area contributed by atoms with Crippen LogP contribution in [0.3, 0.4) is 0 Å². The van der Waals surface area contributed by atoms with Crippen molar-refractivity contribution in [2.75, 3.05) is 23.3 Å². The number of pyridine rings is 1. The van der Waals surface area contributed by atoms with Crippen LogP contribution < -0.4 is 10.2 Å². The van der Waals surface area contributed by atoms with Crippen LogP contribution in [-0.4, -0.2) is 34.7 Å². The lowest BCUT2D eigenvalue weighted by molar-refractivity contribution is -0.119. The molecule has 1 fully saturated rings. The molecule has 0 spiro atoms. The van der Waals surface area contributed by atoms with Crippen molar-refractivity contribution in [1.29, 1.82) is 0 Å². The SMILES string of the molecule is O=C(Cc1nccs1)CC1CCN(c2ncc(Cl)cc2NC(=O)c2cccc(Cl)c2)CC1. The maximum atomic E-state index is 12.7. The largest absolute Gasteiger partial charge is 0.355 e. The first-order valence-electron chi connectivity index (χ1n) is 10.4. The summed E-state index contributed by atoms with van der Waals surface area (Å²) in [7, 11) is 0. The lowest BCUT2D eigenvalue weighted by atomic mass is 9.91. The molecule has 0 aliphatic carbocycles. The van der Waals surface area contributed by atoms with Gasteiger partial charge >= 0.3 is 0 Å². The zero-order valence-electron chi connectivity index (χ0n) is 17.3. The Balaban J connectivity index is 1.39. The first-order valence-corrected chi connectivity index (χ1v) is 12.0. The molecular weight excluding hydrogens is 467 g/mol. The highest BCUT2D eigenvalue weighted by Gasteiger charge is 2.25. The van der Waals surface area contributed by atoms with Gasteiger partial charge in [0, 0.05) is 47.9 Å². The van der Waals surface area contributed by atoms with E-state index in [9.17, 15) is 9.59 Å². The fourth-order valence-electron chi connectivity index (χ4n) is 3.85. The molecule has 2 aromatic heterocycles. The van der Waals surface area contributed by atoms with Crippen LogP contribution in [0.5, 0.6) is 0 Å². The van der Waals surface area contributed by atoms with Gasteiger partial charge in [-0.05, 0) is 43.0 Å². The summed E-state index contributed by atoms with van der Waals surface area (Å²) < 4.78 is 0. The van der Waals surface area contributed by atoms with Crippen molar-refractivity contribution in [3.63, 3.8) is 0 Å². The maximum Gasteiger partial charge on any atom is 0.255 e. The van der Waals surface area contributed by atoms with Crippen LogP contribution in [0.2, 0.25) is 10.0 Å². The normalized spacial score (nSPS) is 14.4. The third-order valence-corrected chi connectivity index (χ3v) is 6.65. The van der Waals surface area contributed by atoms with E-state index < -0.39 is 0 Å². The number of nitrogens with one attached hydrogen (secondary N) is 1. The van der Waals surface area contributed by atoms with Gasteiger partial charge in [0.2, 0.25) is 0 Å². The van der Waals surface area contributed by atoms with Crippen molar-refractivity contribution in [3.05, 3.63) is 68.7 Å². The standard InChI is InChI=1S/C23H22Cl2N4O2S/c24-17-3-1-2-16(11-17)23(31)28-20-12-18(25)14-27-22(20)29-7-4-15(5-8-29)10-19(30)13-21-26-6-9-32-21/h1-3,6,9,11-12,14-15H,4-5,7-8,10,13H2,(H,28,31). The number of halogens is 2. The quantitative estimate of drug-likeness (QED) is 0.473. The molecule has 1 amide bonds. The number of thiazole rings is 1. The minimum Gasteiger partial charge on any atom is -0.355 e. The van der Waals surface area contributed by atoms with E-state index in [0.29, 0.717) is 45.9 Å². The van der Waals surface area contributed by atoms with Crippen molar-refractivity contribution >= 4 is 57.7 Å². The van der Waals surface area contributed by atoms with Crippen LogP contribution in [0.4, 0.5) is 11.5 Å². The van der Waals surface area contributed by atoms with Gasteiger partial charge in [-0.25, -0.2) is 9.97 Å².